The van der Waals surface area contributed by atoms with Crippen molar-refractivity contribution in [3.63, 3.8) is 0 Å². The van der Waals surface area contributed by atoms with E-state index in [0.717, 1.165) is 25.0 Å². The van der Waals surface area contributed by atoms with E-state index in [9.17, 15) is 13.2 Å². The molecule has 1 aliphatic carbocycles. The van der Waals surface area contributed by atoms with Crippen molar-refractivity contribution >= 4 is 0 Å². The summed E-state index contributed by atoms with van der Waals surface area (Å²) in [6, 6.07) is 6.15. The molecule has 0 aromatic heterocycles. The Kier molecular flexibility index (Phi) is 5.47. The third-order valence-electron chi connectivity index (χ3n) is 3.57. The van der Waals surface area contributed by atoms with Gasteiger partial charge >= 0.3 is 6.18 Å². The lowest BCUT2D eigenvalue weighted by molar-refractivity contribution is -0.173. The molecule has 0 amide bonds. The summed E-state index contributed by atoms with van der Waals surface area (Å²) in [5.74, 6) is 0.802. The average molecular weight is 303 g/mol. The van der Waals surface area contributed by atoms with Gasteiger partial charge in [-0.1, -0.05) is 6.07 Å². The number of benzene rings is 1. The summed E-state index contributed by atoms with van der Waals surface area (Å²) in [7, 11) is 1.62. The summed E-state index contributed by atoms with van der Waals surface area (Å²) in [6.45, 7) is -0.740. The number of fused-ring (bicyclic) bond motifs is 1. The predicted octanol–water partition coefficient (Wildman–Crippen LogP) is 3.24. The molecule has 0 aliphatic heterocycles. The van der Waals surface area contributed by atoms with E-state index in [1.807, 2.05) is 12.1 Å². The number of alkyl halides is 3. The van der Waals surface area contributed by atoms with Gasteiger partial charge < -0.3 is 14.8 Å². The van der Waals surface area contributed by atoms with Crippen LogP contribution in [0.1, 0.15) is 30.0 Å². The highest BCUT2D eigenvalue weighted by molar-refractivity contribution is 5.39. The Morgan fingerprint density at radius 1 is 1.33 bits per heavy atom. The van der Waals surface area contributed by atoms with E-state index < -0.39 is 12.8 Å². The number of halogens is 3. The molecule has 0 saturated carbocycles. The maximum atomic E-state index is 12.0. The summed E-state index contributed by atoms with van der Waals surface area (Å²) in [4.78, 5) is 0. The average Bonchev–Trinajstić information content (AvgIpc) is 2.45. The first kappa shape index (κ1) is 16.1. The molecule has 21 heavy (non-hydrogen) atoms. The normalized spacial score (nSPS) is 18.4. The van der Waals surface area contributed by atoms with E-state index in [-0.39, 0.29) is 12.6 Å². The fourth-order valence-corrected chi connectivity index (χ4v) is 2.61. The number of methoxy groups -OCH3 is 1. The third kappa shape index (κ3) is 4.89. The first-order chi connectivity index (χ1) is 9.99. The lowest BCUT2D eigenvalue weighted by Gasteiger charge is -2.27. The van der Waals surface area contributed by atoms with Crippen LogP contribution in [-0.2, 0) is 11.2 Å². The van der Waals surface area contributed by atoms with Crippen molar-refractivity contribution in [2.75, 3.05) is 26.9 Å². The highest BCUT2D eigenvalue weighted by Crippen LogP contribution is 2.32. The van der Waals surface area contributed by atoms with E-state index >= 15 is 0 Å². The zero-order valence-electron chi connectivity index (χ0n) is 12.0. The molecule has 1 unspecified atom stereocenters. The van der Waals surface area contributed by atoms with Crippen LogP contribution in [0.25, 0.3) is 0 Å². The summed E-state index contributed by atoms with van der Waals surface area (Å²) in [5.41, 5.74) is 2.45. The van der Waals surface area contributed by atoms with Crippen LogP contribution < -0.4 is 10.1 Å². The van der Waals surface area contributed by atoms with Crippen LogP contribution in [0.4, 0.5) is 13.2 Å². The van der Waals surface area contributed by atoms with Gasteiger partial charge in [-0.25, -0.2) is 0 Å². The highest BCUT2D eigenvalue weighted by atomic mass is 19.4. The molecule has 0 radical (unpaired) electrons. The second-order valence-electron chi connectivity index (χ2n) is 5.13. The van der Waals surface area contributed by atoms with E-state index in [4.69, 9.17) is 4.74 Å². The zero-order valence-corrected chi connectivity index (χ0v) is 12.0. The van der Waals surface area contributed by atoms with Crippen LogP contribution in [0.5, 0.6) is 5.75 Å². The topological polar surface area (TPSA) is 30.5 Å². The van der Waals surface area contributed by atoms with Crippen LogP contribution >= 0.6 is 0 Å². The van der Waals surface area contributed by atoms with E-state index in [0.29, 0.717) is 6.54 Å². The van der Waals surface area contributed by atoms with Crippen LogP contribution in [0.15, 0.2) is 18.2 Å². The molecule has 6 heteroatoms. The van der Waals surface area contributed by atoms with Crippen molar-refractivity contribution in [2.45, 2.75) is 31.5 Å². The Morgan fingerprint density at radius 3 is 2.86 bits per heavy atom. The fourth-order valence-electron chi connectivity index (χ4n) is 2.61. The van der Waals surface area contributed by atoms with Crippen LogP contribution in [-0.4, -0.2) is 33.0 Å². The van der Waals surface area contributed by atoms with Crippen molar-refractivity contribution < 1.29 is 22.6 Å². The minimum atomic E-state index is -4.26. The number of ether oxygens (including phenoxy) is 2. The van der Waals surface area contributed by atoms with Crippen molar-refractivity contribution in [3.05, 3.63) is 29.3 Å². The predicted molar refractivity (Wildman–Crippen MR) is 73.5 cm³/mol. The van der Waals surface area contributed by atoms with Crippen LogP contribution in [0.3, 0.4) is 0 Å². The Labute approximate surface area is 122 Å². The smallest absolute Gasteiger partial charge is 0.411 e. The highest BCUT2D eigenvalue weighted by Gasteiger charge is 2.27. The third-order valence-corrected chi connectivity index (χ3v) is 3.57. The summed E-state index contributed by atoms with van der Waals surface area (Å²) in [6.07, 6.45) is -1.19. The van der Waals surface area contributed by atoms with Crippen molar-refractivity contribution in [1.29, 1.82) is 0 Å². The molecule has 1 aliphatic rings. The van der Waals surface area contributed by atoms with Crippen molar-refractivity contribution in [1.82, 2.24) is 5.32 Å². The molecule has 1 aromatic carbocycles. The minimum Gasteiger partial charge on any atom is -0.497 e. The second-order valence-corrected chi connectivity index (χ2v) is 5.13. The molecule has 0 saturated heterocycles. The Balaban J connectivity index is 1.85. The van der Waals surface area contributed by atoms with Crippen molar-refractivity contribution in [3.8, 4) is 5.75 Å². The standard InChI is InChI=1S/C15H20F3NO2/c1-20-12-6-5-11-3-2-4-14(13(11)9-12)19-7-8-21-10-15(16,17)18/h5-6,9,14,19H,2-4,7-8,10H2,1H3. The quantitative estimate of drug-likeness (QED) is 0.818. The van der Waals surface area contributed by atoms with E-state index in [2.05, 4.69) is 16.1 Å². The summed E-state index contributed by atoms with van der Waals surface area (Å²) in [5, 5.41) is 3.27. The van der Waals surface area contributed by atoms with Crippen LogP contribution in [0, 0.1) is 0 Å². The lowest BCUT2D eigenvalue weighted by Crippen LogP contribution is -2.29. The van der Waals surface area contributed by atoms with E-state index in [1.54, 1.807) is 7.11 Å². The number of aryl methyl sites for hydroxylation is 1. The Morgan fingerprint density at radius 2 is 2.14 bits per heavy atom. The van der Waals surface area contributed by atoms with Gasteiger partial charge in [0, 0.05) is 12.6 Å². The van der Waals surface area contributed by atoms with Gasteiger partial charge in [0.25, 0.3) is 0 Å². The summed E-state index contributed by atoms with van der Waals surface area (Å²) >= 11 is 0. The largest absolute Gasteiger partial charge is 0.497 e. The molecule has 0 fully saturated rings. The number of hydrogen-bond acceptors (Lipinski definition) is 3. The first-order valence-corrected chi connectivity index (χ1v) is 7.04. The molecule has 118 valence electrons. The van der Waals surface area contributed by atoms with Crippen molar-refractivity contribution in [2.24, 2.45) is 0 Å². The number of hydrogen-bond donors (Lipinski definition) is 1. The SMILES string of the molecule is COc1ccc2c(c1)C(NCCOCC(F)(F)F)CCC2. The van der Waals surface area contributed by atoms with Gasteiger partial charge in [0.1, 0.15) is 12.4 Å². The van der Waals surface area contributed by atoms with Crippen LogP contribution in [0.2, 0.25) is 0 Å². The van der Waals surface area contributed by atoms with Gasteiger partial charge in [0.15, 0.2) is 0 Å². The maximum absolute atomic E-state index is 12.0. The molecular weight excluding hydrogens is 283 g/mol. The zero-order chi connectivity index (χ0) is 15.3. The molecule has 0 heterocycles. The summed E-state index contributed by atoms with van der Waals surface area (Å²) < 4.78 is 45.7. The molecule has 0 spiro atoms. The molecule has 3 nitrogen and oxygen atoms in total. The lowest BCUT2D eigenvalue weighted by atomic mass is 9.87. The maximum Gasteiger partial charge on any atom is 0.411 e. The Hall–Kier alpha value is -1.27. The molecule has 0 bridgehead atoms. The van der Waals surface area contributed by atoms with Gasteiger partial charge in [-0.15, -0.1) is 0 Å². The van der Waals surface area contributed by atoms with Gasteiger partial charge in [0.2, 0.25) is 0 Å². The van der Waals surface area contributed by atoms with E-state index in [1.165, 1.54) is 11.1 Å². The first-order valence-electron chi connectivity index (χ1n) is 7.04. The second kappa shape index (κ2) is 7.13. The van der Waals surface area contributed by atoms with Gasteiger partial charge in [-0.3, -0.25) is 0 Å². The molecule has 1 aromatic rings. The van der Waals surface area contributed by atoms with Gasteiger partial charge in [0.05, 0.1) is 13.7 Å². The van der Waals surface area contributed by atoms with Gasteiger partial charge in [-0.05, 0) is 42.5 Å². The number of nitrogens with one attached hydrogen (secondary N) is 1. The van der Waals surface area contributed by atoms with Gasteiger partial charge in [-0.2, -0.15) is 13.2 Å². The molecule has 1 N–H and O–H groups in total. The molecule has 1 atom stereocenters. The molecule has 2 rings (SSSR count). The minimum absolute atomic E-state index is 0.0509. The molecular formula is C15H20F3NO2. The Bertz CT molecular complexity index is 463. The fraction of sp³-hybridized carbons (Fsp3) is 0.600. The number of rotatable bonds is 6. The monoisotopic (exact) mass is 303 g/mol.